The normalized spacial score (nSPS) is 14.0. The van der Waals surface area contributed by atoms with Crippen molar-refractivity contribution >= 4 is 11.7 Å². The number of rotatable bonds is 9. The van der Waals surface area contributed by atoms with Gasteiger partial charge in [0.05, 0.1) is 6.61 Å². The molecule has 1 aliphatic rings. The summed E-state index contributed by atoms with van der Waals surface area (Å²) in [6.07, 6.45) is 3.58. The lowest BCUT2D eigenvalue weighted by Crippen LogP contribution is -2.31. The summed E-state index contributed by atoms with van der Waals surface area (Å²) >= 11 is 0. The standard InChI is InChI=1S/C15H24N4O2/c1-3-8-16-14-7-6-13(17-18-14)15(20)19(2)9-10-21-11-12-4-5-12/h6-7,12H,3-5,8-11H2,1-2H3,(H,16,18). The summed E-state index contributed by atoms with van der Waals surface area (Å²) < 4.78 is 5.54. The van der Waals surface area contributed by atoms with Crippen LogP contribution in [0.2, 0.25) is 0 Å². The number of carbonyl (C=O) groups is 1. The number of nitrogens with zero attached hydrogens (tertiary/aromatic N) is 3. The topological polar surface area (TPSA) is 67.4 Å². The first-order chi connectivity index (χ1) is 10.2. The molecular weight excluding hydrogens is 268 g/mol. The Labute approximate surface area is 125 Å². The van der Waals surface area contributed by atoms with Gasteiger partial charge in [0, 0.05) is 26.7 Å². The number of hydrogen-bond donors (Lipinski definition) is 1. The molecule has 0 aliphatic heterocycles. The van der Waals surface area contributed by atoms with Crippen molar-refractivity contribution in [3.63, 3.8) is 0 Å². The molecule has 21 heavy (non-hydrogen) atoms. The van der Waals surface area contributed by atoms with Gasteiger partial charge in [-0.1, -0.05) is 6.92 Å². The fraction of sp³-hybridized carbons (Fsp3) is 0.667. The van der Waals surface area contributed by atoms with Gasteiger partial charge < -0.3 is 15.0 Å². The van der Waals surface area contributed by atoms with Crippen LogP contribution in [-0.4, -0.2) is 54.4 Å². The maximum Gasteiger partial charge on any atom is 0.274 e. The fourth-order valence-electron chi connectivity index (χ4n) is 1.83. The second kappa shape index (κ2) is 7.93. The van der Waals surface area contributed by atoms with Crippen LogP contribution in [-0.2, 0) is 4.74 Å². The maximum atomic E-state index is 12.2. The van der Waals surface area contributed by atoms with Gasteiger partial charge in [0.25, 0.3) is 5.91 Å². The van der Waals surface area contributed by atoms with Crippen LogP contribution in [0.3, 0.4) is 0 Å². The van der Waals surface area contributed by atoms with Gasteiger partial charge in [-0.05, 0) is 37.3 Å². The molecule has 2 rings (SSSR count). The van der Waals surface area contributed by atoms with Gasteiger partial charge in [0.15, 0.2) is 5.69 Å². The highest BCUT2D eigenvalue weighted by Crippen LogP contribution is 2.28. The van der Waals surface area contributed by atoms with Crippen LogP contribution in [0.1, 0.15) is 36.7 Å². The average molecular weight is 292 g/mol. The molecule has 116 valence electrons. The summed E-state index contributed by atoms with van der Waals surface area (Å²) in [4.78, 5) is 13.8. The van der Waals surface area contributed by atoms with Crippen molar-refractivity contribution in [1.82, 2.24) is 15.1 Å². The third-order valence-corrected chi connectivity index (χ3v) is 3.41. The summed E-state index contributed by atoms with van der Waals surface area (Å²) in [7, 11) is 1.76. The van der Waals surface area contributed by atoms with Crippen molar-refractivity contribution in [3.05, 3.63) is 17.8 Å². The van der Waals surface area contributed by atoms with E-state index in [1.54, 1.807) is 24.1 Å². The van der Waals surface area contributed by atoms with E-state index in [4.69, 9.17) is 4.74 Å². The monoisotopic (exact) mass is 292 g/mol. The molecular formula is C15H24N4O2. The number of aromatic nitrogens is 2. The number of likely N-dealkylation sites (N-methyl/N-ethyl adjacent to an activating group) is 1. The molecule has 0 unspecified atom stereocenters. The fourth-order valence-corrected chi connectivity index (χ4v) is 1.83. The Morgan fingerprint density at radius 3 is 2.86 bits per heavy atom. The zero-order valence-corrected chi connectivity index (χ0v) is 12.8. The zero-order chi connectivity index (χ0) is 15.1. The second-order valence-electron chi connectivity index (χ2n) is 5.48. The number of hydrogen-bond acceptors (Lipinski definition) is 5. The van der Waals surface area contributed by atoms with Crippen molar-refractivity contribution in [2.24, 2.45) is 5.92 Å². The largest absolute Gasteiger partial charge is 0.379 e. The molecule has 0 aromatic carbocycles. The van der Waals surface area contributed by atoms with E-state index >= 15 is 0 Å². The van der Waals surface area contributed by atoms with Crippen LogP contribution in [0.15, 0.2) is 12.1 Å². The van der Waals surface area contributed by atoms with E-state index in [1.165, 1.54) is 12.8 Å². The Balaban J connectivity index is 1.74. The van der Waals surface area contributed by atoms with Crippen molar-refractivity contribution in [2.75, 3.05) is 38.7 Å². The first-order valence-electron chi connectivity index (χ1n) is 7.61. The molecule has 1 heterocycles. The molecule has 1 aromatic rings. The van der Waals surface area contributed by atoms with Gasteiger partial charge in [-0.2, -0.15) is 0 Å². The van der Waals surface area contributed by atoms with E-state index < -0.39 is 0 Å². The maximum absolute atomic E-state index is 12.2. The van der Waals surface area contributed by atoms with Crippen molar-refractivity contribution in [2.45, 2.75) is 26.2 Å². The third-order valence-electron chi connectivity index (χ3n) is 3.41. The molecule has 0 bridgehead atoms. The van der Waals surface area contributed by atoms with Crippen molar-refractivity contribution in [1.29, 1.82) is 0 Å². The Morgan fingerprint density at radius 2 is 2.24 bits per heavy atom. The van der Waals surface area contributed by atoms with E-state index in [0.29, 0.717) is 24.7 Å². The second-order valence-corrected chi connectivity index (χ2v) is 5.48. The van der Waals surface area contributed by atoms with E-state index in [0.717, 1.165) is 25.5 Å². The Kier molecular flexibility index (Phi) is 5.92. The van der Waals surface area contributed by atoms with Crippen molar-refractivity contribution < 1.29 is 9.53 Å². The summed E-state index contributed by atoms with van der Waals surface area (Å²) in [5.41, 5.74) is 0.363. The lowest BCUT2D eigenvalue weighted by molar-refractivity contribution is 0.0675. The van der Waals surface area contributed by atoms with Gasteiger partial charge in [-0.15, -0.1) is 10.2 Å². The molecule has 0 radical (unpaired) electrons. The molecule has 6 heteroatoms. The quantitative estimate of drug-likeness (QED) is 0.703. The van der Waals surface area contributed by atoms with Crippen LogP contribution in [0.5, 0.6) is 0 Å². The predicted molar refractivity (Wildman–Crippen MR) is 81.3 cm³/mol. The lowest BCUT2D eigenvalue weighted by Gasteiger charge is -2.16. The zero-order valence-electron chi connectivity index (χ0n) is 12.8. The van der Waals surface area contributed by atoms with Gasteiger partial charge in [0.2, 0.25) is 0 Å². The van der Waals surface area contributed by atoms with Gasteiger partial charge >= 0.3 is 0 Å². The van der Waals surface area contributed by atoms with Crippen LogP contribution in [0.4, 0.5) is 5.82 Å². The Bertz CT molecular complexity index is 445. The molecule has 1 aromatic heterocycles. The highest BCUT2D eigenvalue weighted by atomic mass is 16.5. The molecule has 1 fully saturated rings. The van der Waals surface area contributed by atoms with Gasteiger partial charge in [-0.25, -0.2) is 0 Å². The summed E-state index contributed by atoms with van der Waals surface area (Å²) in [5, 5.41) is 11.1. The molecule has 6 nitrogen and oxygen atoms in total. The molecule has 1 aliphatic carbocycles. The number of anilines is 1. The SMILES string of the molecule is CCCNc1ccc(C(=O)N(C)CCOCC2CC2)nn1. The minimum absolute atomic E-state index is 0.125. The summed E-state index contributed by atoms with van der Waals surface area (Å²) in [6, 6.07) is 3.49. The van der Waals surface area contributed by atoms with E-state index in [9.17, 15) is 4.79 Å². The molecule has 0 spiro atoms. The first-order valence-corrected chi connectivity index (χ1v) is 7.61. The van der Waals surface area contributed by atoms with Crippen LogP contribution in [0, 0.1) is 5.92 Å². The molecule has 1 saturated carbocycles. The molecule has 1 N–H and O–H groups in total. The average Bonchev–Trinajstić information content (AvgIpc) is 3.33. The third kappa shape index (κ3) is 5.30. The van der Waals surface area contributed by atoms with Gasteiger partial charge in [-0.3, -0.25) is 4.79 Å². The van der Waals surface area contributed by atoms with E-state index in [2.05, 4.69) is 22.4 Å². The van der Waals surface area contributed by atoms with Crippen LogP contribution >= 0.6 is 0 Å². The van der Waals surface area contributed by atoms with E-state index in [-0.39, 0.29) is 5.91 Å². The highest BCUT2D eigenvalue weighted by Gasteiger charge is 2.21. The van der Waals surface area contributed by atoms with Crippen LogP contribution < -0.4 is 5.32 Å². The highest BCUT2D eigenvalue weighted by molar-refractivity contribution is 5.92. The molecule has 0 saturated heterocycles. The molecule has 0 atom stereocenters. The van der Waals surface area contributed by atoms with Gasteiger partial charge in [0.1, 0.15) is 5.82 Å². The summed E-state index contributed by atoms with van der Waals surface area (Å²) in [6.45, 7) is 4.89. The number of carbonyl (C=O) groups excluding carboxylic acids is 1. The summed E-state index contributed by atoms with van der Waals surface area (Å²) in [5.74, 6) is 1.32. The number of amides is 1. The first kappa shape index (κ1) is 15.7. The minimum atomic E-state index is -0.125. The molecule has 1 amide bonds. The smallest absolute Gasteiger partial charge is 0.274 e. The van der Waals surface area contributed by atoms with Crippen LogP contribution in [0.25, 0.3) is 0 Å². The lowest BCUT2D eigenvalue weighted by atomic mass is 10.3. The predicted octanol–water partition coefficient (Wildman–Crippen LogP) is 1.80. The Morgan fingerprint density at radius 1 is 1.43 bits per heavy atom. The number of ether oxygens (including phenoxy) is 1. The number of nitrogens with one attached hydrogen (secondary N) is 1. The van der Waals surface area contributed by atoms with E-state index in [1.807, 2.05) is 0 Å². The Hall–Kier alpha value is -1.69. The van der Waals surface area contributed by atoms with Crippen molar-refractivity contribution in [3.8, 4) is 0 Å². The minimum Gasteiger partial charge on any atom is -0.379 e.